The second-order valence-corrected chi connectivity index (χ2v) is 5.81. The van der Waals surface area contributed by atoms with Gasteiger partial charge in [-0.2, -0.15) is 13.2 Å². The number of para-hydroxylation sites is 1. The number of carbonyl (C=O) groups is 2. The lowest BCUT2D eigenvalue weighted by molar-refractivity contribution is -0.187. The SMILES string of the molecule is O=C(O)[C@@H]1CN(C(=O)NCc2cccc3c2OCO3)C[C@H]1C(F)(F)F. The molecule has 3 rings (SSSR count). The van der Waals surface area contributed by atoms with Crippen LogP contribution in [0.3, 0.4) is 0 Å². The van der Waals surface area contributed by atoms with Gasteiger partial charge in [0, 0.05) is 25.2 Å². The third-order valence-electron chi connectivity index (χ3n) is 4.25. The van der Waals surface area contributed by atoms with Crippen LogP contribution in [0.2, 0.25) is 0 Å². The fourth-order valence-corrected chi connectivity index (χ4v) is 2.96. The number of nitrogens with one attached hydrogen (secondary N) is 1. The highest BCUT2D eigenvalue weighted by Crippen LogP contribution is 2.38. The molecule has 2 N–H and O–H groups in total. The Balaban J connectivity index is 1.64. The standard InChI is InChI=1S/C15H15F3N2O5/c16-15(17,18)10-6-20(5-9(10)13(21)22)14(23)19-4-8-2-1-3-11-12(8)25-7-24-11/h1-3,9-10H,4-7H2,(H,19,23)(H,21,22)/t9-,10-/m1/s1. The summed E-state index contributed by atoms with van der Waals surface area (Å²) in [6.07, 6.45) is -4.68. The Labute approximate surface area is 140 Å². The average molecular weight is 360 g/mol. The van der Waals surface area contributed by atoms with Crippen LogP contribution in [0.25, 0.3) is 0 Å². The van der Waals surface area contributed by atoms with E-state index in [0.29, 0.717) is 17.1 Å². The zero-order valence-electron chi connectivity index (χ0n) is 12.9. The number of fused-ring (bicyclic) bond motifs is 1. The first-order valence-corrected chi connectivity index (χ1v) is 7.47. The summed E-state index contributed by atoms with van der Waals surface area (Å²) < 4.78 is 49.4. The van der Waals surface area contributed by atoms with Crippen LogP contribution in [0.4, 0.5) is 18.0 Å². The van der Waals surface area contributed by atoms with Crippen LogP contribution in [0.5, 0.6) is 11.5 Å². The zero-order valence-corrected chi connectivity index (χ0v) is 12.9. The highest BCUT2D eigenvalue weighted by Gasteiger charge is 2.53. The Morgan fingerprint density at radius 3 is 2.68 bits per heavy atom. The molecule has 0 aliphatic carbocycles. The summed E-state index contributed by atoms with van der Waals surface area (Å²) in [7, 11) is 0. The number of benzene rings is 1. The summed E-state index contributed by atoms with van der Waals surface area (Å²) in [5.41, 5.74) is 0.615. The molecule has 0 spiro atoms. The number of nitrogens with zero attached hydrogens (tertiary/aromatic N) is 1. The molecule has 2 aliphatic rings. The fraction of sp³-hybridized carbons (Fsp3) is 0.467. The summed E-state index contributed by atoms with van der Waals surface area (Å²) in [6.45, 7) is -1.09. The molecule has 0 aromatic heterocycles. The minimum absolute atomic E-state index is 0.0241. The van der Waals surface area contributed by atoms with Crippen molar-refractivity contribution < 1.29 is 37.3 Å². The smallest absolute Gasteiger partial charge is 0.394 e. The van der Waals surface area contributed by atoms with E-state index in [1.54, 1.807) is 18.2 Å². The second-order valence-electron chi connectivity index (χ2n) is 5.81. The molecule has 0 saturated carbocycles. The molecular formula is C15H15F3N2O5. The van der Waals surface area contributed by atoms with Gasteiger partial charge in [0.15, 0.2) is 11.5 Å². The largest absolute Gasteiger partial charge is 0.481 e. The van der Waals surface area contributed by atoms with Gasteiger partial charge in [-0.1, -0.05) is 12.1 Å². The predicted molar refractivity (Wildman–Crippen MR) is 77.0 cm³/mol. The monoisotopic (exact) mass is 360 g/mol. The third kappa shape index (κ3) is 3.42. The van der Waals surface area contributed by atoms with Crippen LogP contribution in [0, 0.1) is 11.8 Å². The molecule has 2 amide bonds. The molecule has 1 aromatic carbocycles. The molecule has 1 aromatic rings. The van der Waals surface area contributed by atoms with Crippen LogP contribution in [-0.4, -0.2) is 48.1 Å². The van der Waals surface area contributed by atoms with Crippen LogP contribution < -0.4 is 14.8 Å². The summed E-state index contributed by atoms with van der Waals surface area (Å²) in [6, 6.07) is 4.33. The number of carbonyl (C=O) groups excluding carboxylic acids is 1. The van der Waals surface area contributed by atoms with Crippen LogP contribution in [0.15, 0.2) is 18.2 Å². The lowest BCUT2D eigenvalue weighted by Crippen LogP contribution is -2.39. The van der Waals surface area contributed by atoms with Crippen molar-refractivity contribution >= 4 is 12.0 Å². The Morgan fingerprint density at radius 1 is 1.28 bits per heavy atom. The Hall–Kier alpha value is -2.65. The number of alkyl halides is 3. The van der Waals surface area contributed by atoms with E-state index in [2.05, 4.69) is 5.32 Å². The molecule has 1 saturated heterocycles. The van der Waals surface area contributed by atoms with Gasteiger partial charge in [0.05, 0.1) is 11.8 Å². The Morgan fingerprint density at radius 2 is 2.04 bits per heavy atom. The zero-order chi connectivity index (χ0) is 18.2. The van der Waals surface area contributed by atoms with E-state index >= 15 is 0 Å². The van der Waals surface area contributed by atoms with Gasteiger partial charge in [0.25, 0.3) is 0 Å². The van der Waals surface area contributed by atoms with Crippen molar-refractivity contribution in [2.45, 2.75) is 12.7 Å². The van der Waals surface area contributed by atoms with Crippen LogP contribution >= 0.6 is 0 Å². The van der Waals surface area contributed by atoms with E-state index in [1.807, 2.05) is 0 Å². The van der Waals surface area contributed by atoms with E-state index in [0.717, 1.165) is 4.90 Å². The lowest BCUT2D eigenvalue weighted by atomic mass is 9.96. The number of ether oxygens (including phenoxy) is 2. The number of hydrogen-bond acceptors (Lipinski definition) is 4. The number of carboxylic acid groups (broad SMARTS) is 1. The van der Waals surface area contributed by atoms with Gasteiger partial charge >= 0.3 is 18.2 Å². The molecule has 0 unspecified atom stereocenters. The van der Waals surface area contributed by atoms with Crippen molar-refractivity contribution in [1.82, 2.24) is 10.2 Å². The summed E-state index contributed by atoms with van der Waals surface area (Å²) in [5.74, 6) is -4.31. The first kappa shape index (κ1) is 17.2. The molecule has 2 atom stereocenters. The molecule has 2 aliphatic heterocycles. The predicted octanol–water partition coefficient (Wildman–Crippen LogP) is 1.82. The second kappa shape index (κ2) is 6.34. The maximum absolute atomic E-state index is 13.0. The van der Waals surface area contributed by atoms with Crippen LogP contribution in [0.1, 0.15) is 5.56 Å². The normalized spacial score (nSPS) is 22.1. The Kier molecular flexibility index (Phi) is 4.36. The molecule has 10 heteroatoms. The highest BCUT2D eigenvalue weighted by atomic mass is 19.4. The molecule has 136 valence electrons. The first-order chi connectivity index (χ1) is 11.8. The van der Waals surface area contributed by atoms with Gasteiger partial charge in [-0.25, -0.2) is 4.79 Å². The van der Waals surface area contributed by atoms with Gasteiger partial charge in [-0.05, 0) is 6.07 Å². The summed E-state index contributed by atoms with van der Waals surface area (Å²) >= 11 is 0. The number of halogens is 3. The van der Waals surface area contributed by atoms with Crippen molar-refractivity contribution in [3.05, 3.63) is 23.8 Å². The maximum atomic E-state index is 13.0. The minimum atomic E-state index is -4.68. The van der Waals surface area contributed by atoms with E-state index in [9.17, 15) is 22.8 Å². The number of carboxylic acids is 1. The van der Waals surface area contributed by atoms with Crippen molar-refractivity contribution in [3.63, 3.8) is 0 Å². The molecule has 7 nitrogen and oxygen atoms in total. The van der Waals surface area contributed by atoms with E-state index < -0.39 is 43.1 Å². The number of amides is 2. The molecule has 0 radical (unpaired) electrons. The number of likely N-dealkylation sites (tertiary alicyclic amines) is 1. The summed E-state index contributed by atoms with van der Waals surface area (Å²) in [4.78, 5) is 24.1. The van der Waals surface area contributed by atoms with Gasteiger partial charge in [0.1, 0.15) is 0 Å². The number of urea groups is 1. The number of rotatable bonds is 3. The molecule has 2 heterocycles. The number of hydrogen-bond donors (Lipinski definition) is 2. The van der Waals surface area contributed by atoms with E-state index in [1.165, 1.54) is 0 Å². The molecule has 1 fully saturated rings. The van der Waals surface area contributed by atoms with Gasteiger partial charge in [0.2, 0.25) is 6.79 Å². The average Bonchev–Trinajstić information content (AvgIpc) is 3.18. The molecular weight excluding hydrogens is 345 g/mol. The van der Waals surface area contributed by atoms with Crippen molar-refractivity contribution in [1.29, 1.82) is 0 Å². The van der Waals surface area contributed by atoms with Gasteiger partial charge in [-0.15, -0.1) is 0 Å². The van der Waals surface area contributed by atoms with E-state index in [-0.39, 0.29) is 13.3 Å². The third-order valence-corrected chi connectivity index (χ3v) is 4.25. The van der Waals surface area contributed by atoms with Crippen molar-refractivity contribution in [3.8, 4) is 11.5 Å². The van der Waals surface area contributed by atoms with Crippen LogP contribution in [-0.2, 0) is 11.3 Å². The topological polar surface area (TPSA) is 88.1 Å². The highest BCUT2D eigenvalue weighted by molar-refractivity contribution is 5.78. The fourth-order valence-electron chi connectivity index (χ4n) is 2.96. The lowest BCUT2D eigenvalue weighted by Gasteiger charge is -2.19. The van der Waals surface area contributed by atoms with Gasteiger partial charge in [-0.3, -0.25) is 4.79 Å². The maximum Gasteiger partial charge on any atom is 0.394 e. The molecule has 25 heavy (non-hydrogen) atoms. The molecule has 0 bridgehead atoms. The summed E-state index contributed by atoms with van der Waals surface area (Å²) in [5, 5.41) is 11.5. The number of aliphatic carboxylic acids is 1. The van der Waals surface area contributed by atoms with E-state index in [4.69, 9.17) is 14.6 Å². The first-order valence-electron chi connectivity index (χ1n) is 7.47. The minimum Gasteiger partial charge on any atom is -0.481 e. The van der Waals surface area contributed by atoms with Crippen molar-refractivity contribution in [2.75, 3.05) is 19.9 Å². The Bertz CT molecular complexity index is 694. The quantitative estimate of drug-likeness (QED) is 0.859. The van der Waals surface area contributed by atoms with Crippen molar-refractivity contribution in [2.24, 2.45) is 11.8 Å². The van der Waals surface area contributed by atoms with Gasteiger partial charge < -0.3 is 24.8 Å².